The number of nitriles is 1. The first-order valence-corrected chi connectivity index (χ1v) is 5.63. The highest BCUT2D eigenvalue weighted by Gasteiger charge is 2.22. The van der Waals surface area contributed by atoms with Crippen molar-refractivity contribution in [2.24, 2.45) is 5.92 Å². The molecule has 1 aliphatic heterocycles. The second kappa shape index (κ2) is 6.86. The highest BCUT2D eigenvalue weighted by atomic mass is 16.5. The van der Waals surface area contributed by atoms with Gasteiger partial charge in [0.05, 0.1) is 6.07 Å². The Bertz CT molecular complexity index is 318. The Labute approximate surface area is 101 Å². The molecule has 1 fully saturated rings. The Kier molecular flexibility index (Phi) is 5.43. The summed E-state index contributed by atoms with van der Waals surface area (Å²) < 4.78 is 5.22. The van der Waals surface area contributed by atoms with E-state index in [0.29, 0.717) is 25.7 Å². The van der Waals surface area contributed by atoms with Crippen LogP contribution in [0.2, 0.25) is 0 Å². The van der Waals surface area contributed by atoms with Crippen molar-refractivity contribution in [1.82, 2.24) is 10.2 Å². The van der Waals surface area contributed by atoms with Crippen LogP contribution in [0.3, 0.4) is 0 Å². The lowest BCUT2D eigenvalue weighted by molar-refractivity contribution is -0.145. The maximum absolute atomic E-state index is 11.6. The largest absolute Gasteiger partial charge is 0.381 e. The molecule has 94 valence electrons. The van der Waals surface area contributed by atoms with Crippen LogP contribution in [0.5, 0.6) is 0 Å². The van der Waals surface area contributed by atoms with Crippen LogP contribution in [0.15, 0.2) is 0 Å². The van der Waals surface area contributed by atoms with Gasteiger partial charge >= 0.3 is 11.8 Å². The molecule has 0 atom stereocenters. The second-order valence-electron chi connectivity index (χ2n) is 4.08. The van der Waals surface area contributed by atoms with E-state index in [9.17, 15) is 9.59 Å². The summed E-state index contributed by atoms with van der Waals surface area (Å²) in [6.07, 6.45) is 1.83. The van der Waals surface area contributed by atoms with Crippen LogP contribution in [-0.2, 0) is 14.3 Å². The smallest absolute Gasteiger partial charge is 0.311 e. The van der Waals surface area contributed by atoms with E-state index in [2.05, 4.69) is 5.32 Å². The van der Waals surface area contributed by atoms with Gasteiger partial charge in [-0.25, -0.2) is 0 Å². The summed E-state index contributed by atoms with van der Waals surface area (Å²) in [6.45, 7) is 1.85. The van der Waals surface area contributed by atoms with Crippen molar-refractivity contribution in [3.8, 4) is 6.07 Å². The third-order valence-corrected chi connectivity index (χ3v) is 2.74. The topological polar surface area (TPSA) is 82.4 Å². The van der Waals surface area contributed by atoms with Crippen molar-refractivity contribution >= 4 is 11.8 Å². The standard InChI is InChI=1S/C11H17N3O3/c1-14(8-9-2-6-17-7-3-9)11(16)10(15)13-5-4-12/h9H,2-3,5-8H2,1H3,(H,13,15). The summed E-state index contributed by atoms with van der Waals surface area (Å²) in [6, 6.07) is 1.75. The molecule has 0 spiro atoms. The first-order chi connectivity index (χ1) is 8.15. The number of amides is 2. The zero-order chi connectivity index (χ0) is 12.7. The van der Waals surface area contributed by atoms with Crippen LogP contribution in [0.25, 0.3) is 0 Å². The number of rotatable bonds is 3. The molecule has 0 aromatic rings. The Morgan fingerprint density at radius 3 is 2.71 bits per heavy atom. The summed E-state index contributed by atoms with van der Waals surface area (Å²) in [5.74, 6) is -0.922. The van der Waals surface area contributed by atoms with Crippen molar-refractivity contribution in [3.63, 3.8) is 0 Å². The van der Waals surface area contributed by atoms with E-state index in [0.717, 1.165) is 12.8 Å². The van der Waals surface area contributed by atoms with Gasteiger partial charge in [-0.2, -0.15) is 5.26 Å². The lowest BCUT2D eigenvalue weighted by atomic mass is 10.00. The van der Waals surface area contributed by atoms with Gasteiger partial charge in [0.1, 0.15) is 6.54 Å². The minimum absolute atomic E-state index is 0.143. The van der Waals surface area contributed by atoms with Crippen LogP contribution < -0.4 is 5.32 Å². The number of hydrogen-bond acceptors (Lipinski definition) is 4. The van der Waals surface area contributed by atoms with E-state index in [1.54, 1.807) is 13.1 Å². The van der Waals surface area contributed by atoms with Gasteiger partial charge in [-0.1, -0.05) is 0 Å². The number of carbonyl (C=O) groups excluding carboxylic acids is 2. The van der Waals surface area contributed by atoms with Gasteiger partial charge < -0.3 is 15.0 Å². The van der Waals surface area contributed by atoms with E-state index in [1.165, 1.54) is 4.90 Å². The first-order valence-electron chi connectivity index (χ1n) is 5.63. The molecule has 0 bridgehead atoms. The second-order valence-corrected chi connectivity index (χ2v) is 4.08. The van der Waals surface area contributed by atoms with E-state index in [-0.39, 0.29) is 6.54 Å². The van der Waals surface area contributed by atoms with Crippen LogP contribution in [-0.4, -0.2) is 50.1 Å². The summed E-state index contributed by atoms with van der Waals surface area (Å²) in [7, 11) is 1.60. The molecule has 0 unspecified atom stereocenters. The predicted octanol–water partition coefficient (Wildman–Crippen LogP) is -0.489. The highest BCUT2D eigenvalue weighted by Crippen LogP contribution is 2.15. The molecule has 0 aromatic carbocycles. The molecule has 1 rings (SSSR count). The van der Waals surface area contributed by atoms with E-state index >= 15 is 0 Å². The van der Waals surface area contributed by atoms with Gasteiger partial charge in [-0.05, 0) is 18.8 Å². The van der Waals surface area contributed by atoms with Crippen LogP contribution >= 0.6 is 0 Å². The molecule has 6 nitrogen and oxygen atoms in total. The fourth-order valence-electron chi connectivity index (χ4n) is 1.77. The molecule has 17 heavy (non-hydrogen) atoms. The van der Waals surface area contributed by atoms with Crippen molar-refractivity contribution < 1.29 is 14.3 Å². The highest BCUT2D eigenvalue weighted by molar-refractivity contribution is 6.34. The third kappa shape index (κ3) is 4.41. The normalized spacial score (nSPS) is 16.0. The first kappa shape index (κ1) is 13.5. The summed E-state index contributed by atoms with van der Waals surface area (Å²) in [4.78, 5) is 24.3. The van der Waals surface area contributed by atoms with E-state index in [4.69, 9.17) is 10.00 Å². The van der Waals surface area contributed by atoms with Gasteiger partial charge in [0.25, 0.3) is 0 Å². The Morgan fingerprint density at radius 2 is 2.12 bits per heavy atom. The minimum Gasteiger partial charge on any atom is -0.381 e. The molecule has 0 saturated carbocycles. The molecule has 0 aliphatic carbocycles. The molecule has 6 heteroatoms. The van der Waals surface area contributed by atoms with Crippen molar-refractivity contribution in [2.75, 3.05) is 33.4 Å². The molecule has 1 aliphatic rings. The summed E-state index contributed by atoms with van der Waals surface area (Å²) >= 11 is 0. The average molecular weight is 239 g/mol. The van der Waals surface area contributed by atoms with Crippen molar-refractivity contribution in [1.29, 1.82) is 5.26 Å². The third-order valence-electron chi connectivity index (χ3n) is 2.74. The SMILES string of the molecule is CN(CC1CCOCC1)C(=O)C(=O)NCC#N. The molecular weight excluding hydrogens is 222 g/mol. The van der Waals surface area contributed by atoms with E-state index < -0.39 is 11.8 Å². The number of nitrogens with zero attached hydrogens (tertiary/aromatic N) is 2. The summed E-state index contributed by atoms with van der Waals surface area (Å²) in [5.41, 5.74) is 0. The zero-order valence-corrected chi connectivity index (χ0v) is 9.94. The van der Waals surface area contributed by atoms with Crippen LogP contribution in [0, 0.1) is 17.2 Å². The fraction of sp³-hybridized carbons (Fsp3) is 0.727. The lowest BCUT2D eigenvalue weighted by Crippen LogP contribution is -2.43. The Morgan fingerprint density at radius 1 is 1.47 bits per heavy atom. The molecule has 1 heterocycles. The molecule has 2 amide bonds. The van der Waals surface area contributed by atoms with Gasteiger partial charge in [-0.3, -0.25) is 9.59 Å². The van der Waals surface area contributed by atoms with Crippen molar-refractivity contribution in [3.05, 3.63) is 0 Å². The molecule has 1 saturated heterocycles. The predicted molar refractivity (Wildman–Crippen MR) is 59.8 cm³/mol. The summed E-state index contributed by atoms with van der Waals surface area (Å²) in [5, 5.41) is 10.5. The Balaban J connectivity index is 2.35. The molecule has 0 aromatic heterocycles. The van der Waals surface area contributed by atoms with Crippen molar-refractivity contribution in [2.45, 2.75) is 12.8 Å². The van der Waals surface area contributed by atoms with Gasteiger partial charge in [0, 0.05) is 26.8 Å². The maximum atomic E-state index is 11.6. The molecular formula is C11H17N3O3. The number of nitrogens with one attached hydrogen (secondary N) is 1. The number of ether oxygens (including phenoxy) is 1. The van der Waals surface area contributed by atoms with Gasteiger partial charge in [-0.15, -0.1) is 0 Å². The monoisotopic (exact) mass is 239 g/mol. The zero-order valence-electron chi connectivity index (χ0n) is 9.94. The fourth-order valence-corrected chi connectivity index (χ4v) is 1.77. The van der Waals surface area contributed by atoms with E-state index in [1.807, 2.05) is 0 Å². The minimum atomic E-state index is -0.721. The lowest BCUT2D eigenvalue weighted by Gasteiger charge is -2.26. The van der Waals surface area contributed by atoms with Crippen LogP contribution in [0.1, 0.15) is 12.8 Å². The number of likely N-dealkylation sites (N-methyl/N-ethyl adjacent to an activating group) is 1. The number of carbonyl (C=O) groups is 2. The maximum Gasteiger partial charge on any atom is 0.311 e. The average Bonchev–Trinajstić information content (AvgIpc) is 2.36. The quantitative estimate of drug-likeness (QED) is 0.532. The Hall–Kier alpha value is -1.61. The number of hydrogen-bond donors (Lipinski definition) is 1. The molecule has 0 radical (unpaired) electrons. The molecule has 1 N–H and O–H groups in total. The van der Waals surface area contributed by atoms with Gasteiger partial charge in [0.2, 0.25) is 0 Å². The van der Waals surface area contributed by atoms with Crippen LogP contribution in [0.4, 0.5) is 0 Å². The van der Waals surface area contributed by atoms with Gasteiger partial charge in [0.15, 0.2) is 0 Å².